The van der Waals surface area contributed by atoms with Gasteiger partial charge in [-0.05, 0) is 324 Å². The lowest BCUT2D eigenvalue weighted by Gasteiger charge is -2.13. The molecule has 1 saturated carbocycles. The molecular weight excluding hydrogens is 1730 g/mol. The highest BCUT2D eigenvalue weighted by molar-refractivity contribution is 5.85. The van der Waals surface area contributed by atoms with Crippen molar-refractivity contribution in [2.75, 3.05) is 78.5 Å². The minimum Gasteiger partial charge on any atom is -0.480 e. The van der Waals surface area contributed by atoms with Crippen molar-refractivity contribution in [2.45, 2.75) is 167 Å². The average molecular weight is 1850 g/mol. The fourth-order valence-corrected chi connectivity index (χ4v) is 19.9. The van der Waals surface area contributed by atoms with Crippen molar-refractivity contribution >= 4 is 45.4 Å². The van der Waals surface area contributed by atoms with Crippen LogP contribution in [0.4, 0.5) is 0 Å². The zero-order chi connectivity index (χ0) is 94.2. The van der Waals surface area contributed by atoms with E-state index in [4.69, 9.17) is 45.4 Å². The molecule has 0 bridgehead atoms. The van der Waals surface area contributed by atoms with Gasteiger partial charge in [0.2, 0.25) is 5.91 Å². The maximum atomic E-state index is 12.1. The van der Waals surface area contributed by atoms with Gasteiger partial charge in [-0.3, -0.25) is 19.0 Å². The Bertz CT molecular complexity index is 7130. The van der Waals surface area contributed by atoms with Gasteiger partial charge < -0.3 is 34.6 Å². The summed E-state index contributed by atoms with van der Waals surface area (Å²) in [6, 6.07) is 79.1. The van der Waals surface area contributed by atoms with Gasteiger partial charge in [-0.2, -0.15) is 35.7 Å². The summed E-state index contributed by atoms with van der Waals surface area (Å²) in [5.74, 6) is 2.31. The lowest BCUT2D eigenvalue weighted by Crippen LogP contribution is -2.29. The van der Waals surface area contributed by atoms with E-state index in [2.05, 4.69) is 217 Å². The number of aryl methyl sites for hydroxylation is 5. The van der Waals surface area contributed by atoms with Crippen molar-refractivity contribution in [3.63, 3.8) is 0 Å². The molecule has 0 spiro atoms. The molecule has 0 radical (unpaired) electrons. The molecule has 0 atom stereocenters. The molecule has 1 amide bonds. The second-order valence-electron chi connectivity index (χ2n) is 38.1. The lowest BCUT2D eigenvalue weighted by atomic mass is 10.1. The number of benzene rings is 6. The molecule has 18 aromatic rings. The fourth-order valence-electron chi connectivity index (χ4n) is 19.9. The van der Waals surface area contributed by atoms with E-state index in [9.17, 15) is 9.59 Å². The molecule has 2 N–H and O–H groups in total. The summed E-state index contributed by atoms with van der Waals surface area (Å²) >= 11 is 0. The molecule has 23 rings (SSSR count). The third-order valence-corrected chi connectivity index (χ3v) is 27.6. The molecule has 710 valence electrons. The number of fused-ring (bicyclic) bond motifs is 5. The smallest absolute Gasteiger partial charge is 0.325 e. The van der Waals surface area contributed by atoms with Gasteiger partial charge in [0.25, 0.3) is 0 Å². The Morgan fingerprint density at radius 3 is 1.12 bits per heavy atom. The average Bonchev–Trinajstić information content (AvgIpc) is 1.63. The van der Waals surface area contributed by atoms with Gasteiger partial charge >= 0.3 is 5.97 Å². The molecule has 27 nitrogen and oxygen atoms in total. The molecule has 4 aliphatic heterocycles. The summed E-state index contributed by atoms with van der Waals surface area (Å²) in [6.45, 7) is 17.2. The third kappa shape index (κ3) is 23.8. The molecular formula is C112H124N24O3. The summed E-state index contributed by atoms with van der Waals surface area (Å²) in [5.41, 5.74) is 24.9. The number of rotatable bonds is 34. The summed E-state index contributed by atoms with van der Waals surface area (Å²) in [5, 5.41) is 45.7. The number of carboxylic acid groups (broad SMARTS) is 1. The maximum absolute atomic E-state index is 12.1. The van der Waals surface area contributed by atoms with Crippen LogP contribution in [-0.4, -0.2) is 213 Å². The molecule has 6 aromatic carbocycles. The Labute approximate surface area is 811 Å². The van der Waals surface area contributed by atoms with Crippen LogP contribution in [0.3, 0.4) is 0 Å². The fraction of sp³-hybridized carbons (Fsp3) is 0.348. The number of carbonyl (C=O) groups excluding carboxylic acids is 1. The van der Waals surface area contributed by atoms with Crippen LogP contribution in [0, 0.1) is 6.92 Å². The maximum Gasteiger partial charge on any atom is 0.325 e. The first-order chi connectivity index (χ1) is 68.3. The lowest BCUT2D eigenvalue weighted by molar-refractivity contribution is -0.137. The molecule has 4 saturated heterocycles. The van der Waals surface area contributed by atoms with Crippen LogP contribution in [0.5, 0.6) is 0 Å². The number of aromatic nitrogens is 19. The predicted molar refractivity (Wildman–Crippen MR) is 545 cm³/mol. The topological polar surface area (TPSA) is 259 Å². The molecule has 27 heteroatoms. The summed E-state index contributed by atoms with van der Waals surface area (Å²) < 4.78 is 14.8. The van der Waals surface area contributed by atoms with Gasteiger partial charge in [0, 0.05) is 90.5 Å². The van der Waals surface area contributed by atoms with E-state index in [0.717, 1.165) is 154 Å². The van der Waals surface area contributed by atoms with E-state index in [1.807, 2.05) is 103 Å². The van der Waals surface area contributed by atoms with Crippen molar-refractivity contribution < 1.29 is 14.7 Å². The highest BCUT2D eigenvalue weighted by Gasteiger charge is 2.25. The van der Waals surface area contributed by atoms with E-state index in [0.29, 0.717) is 18.9 Å². The van der Waals surface area contributed by atoms with Gasteiger partial charge in [0.1, 0.15) is 13.1 Å². The first-order valence-electron chi connectivity index (χ1n) is 50.1. The predicted octanol–water partition coefficient (Wildman–Crippen LogP) is 17.8. The zero-order valence-electron chi connectivity index (χ0n) is 79.9. The second kappa shape index (κ2) is 44.0. The third-order valence-electron chi connectivity index (χ3n) is 27.6. The summed E-state index contributed by atoms with van der Waals surface area (Å²) in [7, 11) is 2.08. The van der Waals surface area contributed by atoms with Crippen LogP contribution < -0.4 is 5.32 Å². The zero-order valence-corrected chi connectivity index (χ0v) is 79.9. The van der Waals surface area contributed by atoms with Crippen LogP contribution in [0.25, 0.3) is 84.2 Å². The van der Waals surface area contributed by atoms with Crippen LogP contribution in [0.2, 0.25) is 0 Å². The van der Waals surface area contributed by atoms with Gasteiger partial charge in [0.15, 0.2) is 45.9 Å². The number of carbonyl (C=O) groups is 2. The quantitative estimate of drug-likeness (QED) is 0.0380. The molecule has 139 heavy (non-hydrogen) atoms. The number of hydrogen-bond acceptors (Lipinski definition) is 17. The standard InChI is InChI=1S/C30H32N6.C29H31N5.C28H33N7O.C25H28N6O2/c1-23-27(22-31-35(23)26-10-3-2-4-11-26)28-12-7-13-30-32-29(33-36(28)30)21-25-16-14-24(15-17-25)9-8-20-34-18-5-6-19-34;1-32-19-15-25-21-24(13-14-26(25)32)27-7-4-8-29-30-28(31-34(27)29)20-23-11-9-22(10-12-23)6-5-18-33-16-2-3-17-33;36-28(30-24-12-13-24)20-34-19-23(18-29-34)25-6-3-7-27-31-26(32-35(25)27)17-22-10-8-21(9-11-22)5-4-16-33-14-1-2-15-33;32-25(33)18-30-17-21(16-26-30)22-6-3-7-24-27-23(28-31(22)24)15-20-10-8-19(9-11-20)5-4-14-29-12-1-2-13-29/h2-4,7,10-17,22H,5-6,8-9,18-21H2,1H3;4,7-15,19,21H,2-3,5-6,16-18,20H2,1H3;3,6-11,18-19,24H,1-2,4-5,12-17,20H2,(H,30,36);3,6-11,16-17H,1-2,4-5,12-15,18H2,(H,32,33). The Balaban J connectivity index is 0.000000114. The number of likely N-dealkylation sites (tertiary alicyclic amines) is 4. The van der Waals surface area contributed by atoms with E-state index < -0.39 is 5.97 Å². The minimum absolute atomic E-state index is 0.00557. The molecule has 16 heterocycles. The summed E-state index contributed by atoms with van der Waals surface area (Å²) in [6.07, 6.45) is 36.4. The Hall–Kier alpha value is -14.3. The van der Waals surface area contributed by atoms with Crippen molar-refractivity contribution in [1.82, 2.24) is 117 Å². The minimum atomic E-state index is -0.927. The van der Waals surface area contributed by atoms with Crippen LogP contribution in [-0.2, 0) is 81.1 Å². The number of amides is 1. The van der Waals surface area contributed by atoms with Crippen molar-refractivity contribution in [3.05, 3.63) is 335 Å². The highest BCUT2D eigenvalue weighted by atomic mass is 16.4. The number of aliphatic carboxylic acids is 1. The second-order valence-corrected chi connectivity index (χ2v) is 38.1. The van der Waals surface area contributed by atoms with Gasteiger partial charge in [-0.25, -0.2) is 42.7 Å². The number of pyridine rings is 4. The van der Waals surface area contributed by atoms with E-state index in [1.165, 1.54) is 216 Å². The number of carboxylic acids is 1. The molecule has 0 unspecified atom stereocenters. The van der Waals surface area contributed by atoms with Crippen LogP contribution in [0.15, 0.2) is 262 Å². The molecule has 5 fully saturated rings. The molecule has 5 aliphatic rings. The van der Waals surface area contributed by atoms with E-state index in [1.54, 1.807) is 27.8 Å². The largest absolute Gasteiger partial charge is 0.480 e. The normalized spacial score (nSPS) is 14.8. The monoisotopic (exact) mass is 1850 g/mol. The Morgan fingerprint density at radius 2 is 0.734 bits per heavy atom. The van der Waals surface area contributed by atoms with Crippen LogP contribution >= 0.6 is 0 Å². The van der Waals surface area contributed by atoms with Crippen molar-refractivity contribution in [3.8, 4) is 50.7 Å². The number of hydrogen-bond donors (Lipinski definition) is 2. The SMILES string of the molecule is Cc1c(-c2cccc3nc(Cc4ccc(CCCN5CCCC5)cc4)nn23)cnn1-c1ccccc1.Cn1ccc2cc(-c3cccc4nc(Cc5ccc(CCCN6CCCC6)cc5)nn34)ccc21.O=C(Cn1cc(-c2cccc3nc(Cc4ccc(CCCN5CCCC5)cc4)nn23)cn1)NC1CC1.O=C(O)Cn1cc(-c2cccc3nc(Cc4ccc(CCCN5CCCC5)cc4)nn23)cn1. The molecule has 12 aromatic heterocycles. The van der Waals surface area contributed by atoms with Crippen molar-refractivity contribution in [1.29, 1.82) is 0 Å². The number of nitrogens with one attached hydrogen (secondary N) is 1. The summed E-state index contributed by atoms with van der Waals surface area (Å²) in [4.78, 5) is 52.5. The number of para-hydroxylation sites is 1. The van der Waals surface area contributed by atoms with Gasteiger partial charge in [-0.15, -0.1) is 0 Å². The molecule has 1 aliphatic carbocycles. The highest BCUT2D eigenvalue weighted by Crippen LogP contribution is 2.31. The first-order valence-corrected chi connectivity index (χ1v) is 50.1. The Kier molecular flexibility index (Phi) is 29.3. The van der Waals surface area contributed by atoms with Gasteiger partial charge in [-0.1, -0.05) is 146 Å². The van der Waals surface area contributed by atoms with E-state index >= 15 is 0 Å². The van der Waals surface area contributed by atoms with Gasteiger partial charge in [0.05, 0.1) is 52.7 Å². The van der Waals surface area contributed by atoms with E-state index in [-0.39, 0.29) is 19.0 Å². The van der Waals surface area contributed by atoms with Crippen molar-refractivity contribution in [2.24, 2.45) is 7.05 Å². The Morgan fingerprint density at radius 1 is 0.374 bits per heavy atom. The first kappa shape index (κ1) is 92.5. The number of nitrogens with zero attached hydrogens (tertiary/aromatic N) is 23. The van der Waals surface area contributed by atoms with Crippen LogP contribution in [0.1, 0.15) is 163 Å².